The van der Waals surface area contributed by atoms with E-state index in [0.717, 1.165) is 10.9 Å². The monoisotopic (exact) mass is 201 g/mol. The van der Waals surface area contributed by atoms with Crippen molar-refractivity contribution in [3.05, 3.63) is 45.9 Å². The van der Waals surface area contributed by atoms with E-state index in [4.69, 9.17) is 0 Å². The average Bonchev–Trinajstić information content (AvgIpc) is 2.18. The van der Waals surface area contributed by atoms with Crippen molar-refractivity contribution in [2.75, 3.05) is 0 Å². The lowest BCUT2D eigenvalue weighted by atomic mass is 10.0. The van der Waals surface area contributed by atoms with E-state index >= 15 is 0 Å². The van der Waals surface area contributed by atoms with Gasteiger partial charge in [0.1, 0.15) is 0 Å². The van der Waals surface area contributed by atoms with Crippen LogP contribution in [-0.4, -0.2) is 10.8 Å². The van der Waals surface area contributed by atoms with Crippen LogP contribution in [0.2, 0.25) is 0 Å². The predicted molar refractivity (Wildman–Crippen MR) is 59.3 cm³/mol. The molecule has 0 unspecified atom stereocenters. The zero-order chi connectivity index (χ0) is 11.0. The number of benzene rings is 1. The van der Waals surface area contributed by atoms with E-state index in [1.165, 1.54) is 6.92 Å². The number of Topliss-reactive ketones (excluding diaryl/α,β-unsaturated/α-hetero) is 1. The summed E-state index contributed by atoms with van der Waals surface area (Å²) in [5.41, 5.74) is 1.39. The van der Waals surface area contributed by atoms with Gasteiger partial charge in [0.2, 0.25) is 0 Å². The minimum atomic E-state index is -0.120. The standard InChI is InChI=1S/C12H11NO2/c1-7-5-11-9(3-4-13-12(11)15)6-10(7)8(2)14/h3-6H,1-2H3,(H,13,15). The van der Waals surface area contributed by atoms with Gasteiger partial charge in [0.15, 0.2) is 5.78 Å². The summed E-state index contributed by atoms with van der Waals surface area (Å²) in [6, 6.07) is 5.32. The molecule has 0 bridgehead atoms. The fourth-order valence-electron chi connectivity index (χ4n) is 1.72. The first-order valence-electron chi connectivity index (χ1n) is 4.72. The van der Waals surface area contributed by atoms with Crippen molar-refractivity contribution < 1.29 is 4.79 Å². The zero-order valence-corrected chi connectivity index (χ0v) is 8.63. The van der Waals surface area contributed by atoms with Gasteiger partial charge in [0, 0.05) is 17.1 Å². The van der Waals surface area contributed by atoms with Gasteiger partial charge < -0.3 is 4.98 Å². The molecule has 15 heavy (non-hydrogen) atoms. The molecule has 0 radical (unpaired) electrons. The Morgan fingerprint density at radius 2 is 2.07 bits per heavy atom. The Balaban J connectivity index is 2.88. The highest BCUT2D eigenvalue weighted by Gasteiger charge is 2.06. The number of nitrogens with one attached hydrogen (secondary N) is 1. The van der Waals surface area contributed by atoms with Crippen LogP contribution in [0.25, 0.3) is 10.8 Å². The topological polar surface area (TPSA) is 49.9 Å². The van der Waals surface area contributed by atoms with Crippen LogP contribution < -0.4 is 5.56 Å². The van der Waals surface area contributed by atoms with Crippen LogP contribution in [0.5, 0.6) is 0 Å². The summed E-state index contributed by atoms with van der Waals surface area (Å²) in [7, 11) is 0. The van der Waals surface area contributed by atoms with Gasteiger partial charge in [-0.05, 0) is 43.0 Å². The Labute approximate surface area is 86.8 Å². The fourth-order valence-corrected chi connectivity index (χ4v) is 1.72. The highest BCUT2D eigenvalue weighted by molar-refractivity contribution is 5.99. The van der Waals surface area contributed by atoms with E-state index in [2.05, 4.69) is 4.98 Å². The Bertz CT molecular complexity index is 596. The fraction of sp³-hybridized carbons (Fsp3) is 0.167. The largest absolute Gasteiger partial charge is 0.329 e. The molecule has 0 spiro atoms. The second kappa shape index (κ2) is 3.35. The van der Waals surface area contributed by atoms with E-state index in [0.29, 0.717) is 10.9 Å². The van der Waals surface area contributed by atoms with Crippen molar-refractivity contribution in [3.8, 4) is 0 Å². The van der Waals surface area contributed by atoms with E-state index < -0.39 is 0 Å². The maximum atomic E-state index is 11.5. The summed E-state index contributed by atoms with van der Waals surface area (Å²) >= 11 is 0. The van der Waals surface area contributed by atoms with Gasteiger partial charge >= 0.3 is 0 Å². The summed E-state index contributed by atoms with van der Waals surface area (Å²) in [5, 5.41) is 1.43. The van der Waals surface area contributed by atoms with Crippen molar-refractivity contribution in [1.29, 1.82) is 0 Å². The van der Waals surface area contributed by atoms with Gasteiger partial charge in [-0.1, -0.05) is 0 Å². The third-order valence-electron chi connectivity index (χ3n) is 2.50. The van der Waals surface area contributed by atoms with Crippen molar-refractivity contribution in [1.82, 2.24) is 4.98 Å². The number of fused-ring (bicyclic) bond motifs is 1. The lowest BCUT2D eigenvalue weighted by molar-refractivity contribution is 0.101. The van der Waals surface area contributed by atoms with Gasteiger partial charge in [-0.3, -0.25) is 9.59 Å². The summed E-state index contributed by atoms with van der Waals surface area (Å²) in [6.07, 6.45) is 1.59. The number of hydrogen-bond acceptors (Lipinski definition) is 2. The highest BCUT2D eigenvalue weighted by atomic mass is 16.1. The highest BCUT2D eigenvalue weighted by Crippen LogP contribution is 2.16. The molecule has 0 atom stereocenters. The second-order valence-corrected chi connectivity index (χ2v) is 3.62. The molecule has 0 aliphatic carbocycles. The molecule has 2 aromatic rings. The van der Waals surface area contributed by atoms with Gasteiger partial charge in [-0.25, -0.2) is 0 Å². The third kappa shape index (κ3) is 1.56. The maximum absolute atomic E-state index is 11.5. The molecular weight excluding hydrogens is 190 g/mol. The third-order valence-corrected chi connectivity index (χ3v) is 2.50. The predicted octanol–water partition coefficient (Wildman–Crippen LogP) is 2.04. The lowest BCUT2D eigenvalue weighted by Crippen LogP contribution is -2.06. The first-order chi connectivity index (χ1) is 7.09. The molecule has 1 N–H and O–H groups in total. The van der Waals surface area contributed by atoms with Gasteiger partial charge in [-0.15, -0.1) is 0 Å². The Kier molecular flexibility index (Phi) is 2.15. The zero-order valence-electron chi connectivity index (χ0n) is 8.63. The molecule has 1 aromatic heterocycles. The SMILES string of the molecule is CC(=O)c1cc2cc[nH]c(=O)c2cc1C. The molecule has 0 aliphatic heterocycles. The van der Waals surface area contributed by atoms with Crippen LogP contribution in [0.1, 0.15) is 22.8 Å². The molecule has 0 saturated carbocycles. The number of aromatic amines is 1. The first kappa shape index (κ1) is 9.65. The maximum Gasteiger partial charge on any atom is 0.255 e. The number of H-pyrrole nitrogens is 1. The Morgan fingerprint density at radius 3 is 2.73 bits per heavy atom. The summed E-state index contributed by atoms with van der Waals surface area (Å²) in [4.78, 5) is 25.4. The minimum Gasteiger partial charge on any atom is -0.329 e. The van der Waals surface area contributed by atoms with Gasteiger partial charge in [0.25, 0.3) is 5.56 Å². The van der Waals surface area contributed by atoms with Crippen LogP contribution in [0.15, 0.2) is 29.2 Å². The van der Waals surface area contributed by atoms with E-state index in [9.17, 15) is 9.59 Å². The Morgan fingerprint density at radius 1 is 1.33 bits per heavy atom. The molecule has 1 heterocycles. The molecule has 2 rings (SSSR count). The molecule has 1 aromatic carbocycles. The molecule has 3 nitrogen and oxygen atoms in total. The van der Waals surface area contributed by atoms with E-state index in [1.54, 1.807) is 24.4 Å². The number of pyridine rings is 1. The van der Waals surface area contributed by atoms with Crippen LogP contribution in [0, 0.1) is 6.92 Å². The molecule has 0 fully saturated rings. The van der Waals surface area contributed by atoms with E-state index in [1.807, 2.05) is 6.92 Å². The number of carbonyl (C=O) groups excluding carboxylic acids is 1. The minimum absolute atomic E-state index is 0.0229. The van der Waals surface area contributed by atoms with Crippen molar-refractivity contribution in [3.63, 3.8) is 0 Å². The number of aryl methyl sites for hydroxylation is 1. The number of carbonyl (C=O) groups is 1. The smallest absolute Gasteiger partial charge is 0.255 e. The molecule has 0 saturated heterocycles. The number of hydrogen-bond donors (Lipinski definition) is 1. The molecule has 0 aliphatic rings. The number of aromatic nitrogens is 1. The summed E-state index contributed by atoms with van der Waals surface area (Å²) < 4.78 is 0. The molecule has 76 valence electrons. The number of ketones is 1. The molecule has 0 amide bonds. The molecular formula is C12H11NO2. The quantitative estimate of drug-likeness (QED) is 0.718. The van der Waals surface area contributed by atoms with E-state index in [-0.39, 0.29) is 11.3 Å². The first-order valence-corrected chi connectivity index (χ1v) is 4.72. The molecule has 3 heteroatoms. The van der Waals surface area contributed by atoms with Crippen molar-refractivity contribution >= 4 is 16.6 Å². The van der Waals surface area contributed by atoms with Crippen molar-refractivity contribution in [2.24, 2.45) is 0 Å². The Hall–Kier alpha value is -1.90. The van der Waals surface area contributed by atoms with Crippen LogP contribution in [-0.2, 0) is 0 Å². The normalized spacial score (nSPS) is 10.5. The van der Waals surface area contributed by atoms with Crippen LogP contribution in [0.4, 0.5) is 0 Å². The second-order valence-electron chi connectivity index (χ2n) is 3.62. The lowest BCUT2D eigenvalue weighted by Gasteiger charge is -2.03. The van der Waals surface area contributed by atoms with Crippen LogP contribution >= 0.6 is 0 Å². The van der Waals surface area contributed by atoms with Gasteiger partial charge in [0.05, 0.1) is 0 Å². The summed E-state index contributed by atoms with van der Waals surface area (Å²) in [5.74, 6) is 0.0229. The summed E-state index contributed by atoms with van der Waals surface area (Å²) in [6.45, 7) is 3.37. The van der Waals surface area contributed by atoms with Crippen molar-refractivity contribution in [2.45, 2.75) is 13.8 Å². The number of rotatable bonds is 1. The average molecular weight is 201 g/mol. The van der Waals surface area contributed by atoms with Crippen LogP contribution in [0.3, 0.4) is 0 Å². The van der Waals surface area contributed by atoms with Gasteiger partial charge in [-0.2, -0.15) is 0 Å².